The summed E-state index contributed by atoms with van der Waals surface area (Å²) in [5, 5.41) is 23.9. The molecule has 0 aliphatic rings. The molecule has 2 N–H and O–H groups in total. The minimum Gasteiger partial charge on any atom is -0.497 e. The van der Waals surface area contributed by atoms with Gasteiger partial charge in [-0.3, -0.25) is 0 Å². The Hall–Kier alpha value is -3.69. The van der Waals surface area contributed by atoms with E-state index in [1.54, 1.807) is 7.11 Å². The number of aliphatic hydroxyl groups is 2. The minimum absolute atomic E-state index is 0.420. The fraction of sp³-hybridized carbons (Fsp3) is 0.543. The first-order valence-electron chi connectivity index (χ1n) is 20.3. The molecule has 54 heavy (non-hydrogen) atoms. The Morgan fingerprint density at radius 3 is 1.43 bits per heavy atom. The molecule has 8 heteroatoms. The molecule has 0 spiro atoms. The average Bonchev–Trinajstić information content (AvgIpc) is 3.20. The van der Waals surface area contributed by atoms with E-state index in [1.807, 2.05) is 86.6 Å². The largest absolute Gasteiger partial charge is 0.497 e. The number of aromatic nitrogens is 3. The summed E-state index contributed by atoms with van der Waals surface area (Å²) >= 11 is 0. The molecule has 0 aliphatic carbocycles. The first kappa shape index (κ1) is 43.0. The van der Waals surface area contributed by atoms with Gasteiger partial charge in [0.2, 0.25) is 0 Å². The molecule has 0 fully saturated rings. The molecule has 0 saturated carbocycles. The first-order chi connectivity index (χ1) is 26.1. The van der Waals surface area contributed by atoms with Gasteiger partial charge in [0.1, 0.15) is 5.75 Å². The van der Waals surface area contributed by atoms with Crippen LogP contribution in [-0.4, -0.2) is 58.7 Å². The van der Waals surface area contributed by atoms with E-state index in [0.717, 1.165) is 37.0 Å². The monoisotopic (exact) mass is 739 g/mol. The zero-order chi connectivity index (χ0) is 39.0. The quantitative estimate of drug-likeness (QED) is 0.0684. The van der Waals surface area contributed by atoms with Crippen molar-refractivity contribution in [3.05, 3.63) is 83.9 Å². The van der Waals surface area contributed by atoms with Gasteiger partial charge in [-0.2, -0.15) is 0 Å². The van der Waals surface area contributed by atoms with Gasteiger partial charge in [-0.25, -0.2) is 15.0 Å². The van der Waals surface area contributed by atoms with Crippen molar-refractivity contribution in [1.29, 1.82) is 0 Å². The van der Waals surface area contributed by atoms with Gasteiger partial charge < -0.3 is 24.4 Å². The van der Waals surface area contributed by atoms with E-state index in [2.05, 4.69) is 27.7 Å². The van der Waals surface area contributed by atoms with Gasteiger partial charge in [-0.15, -0.1) is 0 Å². The molecular formula is C46H65N3O5. The van der Waals surface area contributed by atoms with Crippen LogP contribution in [0, 0.1) is 11.8 Å². The minimum atomic E-state index is -1.20. The van der Waals surface area contributed by atoms with Crippen molar-refractivity contribution in [1.82, 2.24) is 15.0 Å². The number of unbranched alkanes of at least 4 members (excludes halogenated alkanes) is 2. The fourth-order valence-electron chi connectivity index (χ4n) is 6.89. The fourth-order valence-corrected chi connectivity index (χ4v) is 6.89. The molecule has 0 aliphatic heterocycles. The number of benzene rings is 3. The maximum absolute atomic E-state index is 12.0. The Morgan fingerprint density at radius 1 is 0.593 bits per heavy atom. The van der Waals surface area contributed by atoms with E-state index in [9.17, 15) is 10.2 Å². The van der Waals surface area contributed by atoms with E-state index >= 15 is 0 Å². The highest BCUT2D eigenvalue weighted by molar-refractivity contribution is 5.70. The Labute approximate surface area is 324 Å². The predicted octanol–water partition coefficient (Wildman–Crippen LogP) is 10.5. The van der Waals surface area contributed by atoms with E-state index < -0.39 is 11.2 Å². The summed E-state index contributed by atoms with van der Waals surface area (Å²) in [7, 11) is 1.64. The summed E-state index contributed by atoms with van der Waals surface area (Å²) in [6, 6.07) is 23.1. The van der Waals surface area contributed by atoms with Crippen molar-refractivity contribution in [2.75, 3.05) is 33.5 Å². The lowest BCUT2D eigenvalue weighted by molar-refractivity contribution is 0.00273. The highest BCUT2D eigenvalue weighted by Crippen LogP contribution is 2.37. The van der Waals surface area contributed by atoms with Crippen LogP contribution in [0.4, 0.5) is 0 Å². The van der Waals surface area contributed by atoms with Gasteiger partial charge in [-0.1, -0.05) is 115 Å². The molecule has 4 unspecified atom stereocenters. The van der Waals surface area contributed by atoms with Crippen molar-refractivity contribution in [3.8, 4) is 39.9 Å². The Balaban J connectivity index is 1.69. The second-order valence-corrected chi connectivity index (χ2v) is 15.2. The molecule has 4 atom stereocenters. The number of methoxy groups -OCH3 is 1. The highest BCUT2D eigenvalue weighted by atomic mass is 16.5. The Bertz CT molecular complexity index is 1590. The number of hydrogen-bond donors (Lipinski definition) is 2. The van der Waals surface area contributed by atoms with Gasteiger partial charge in [-0.05, 0) is 73.9 Å². The lowest BCUT2D eigenvalue weighted by Crippen LogP contribution is -2.25. The summed E-state index contributed by atoms with van der Waals surface area (Å²) < 4.78 is 17.7. The number of rotatable bonds is 24. The third kappa shape index (κ3) is 12.2. The van der Waals surface area contributed by atoms with Crippen LogP contribution in [0.2, 0.25) is 0 Å². The van der Waals surface area contributed by atoms with E-state index in [-0.39, 0.29) is 0 Å². The zero-order valence-corrected chi connectivity index (χ0v) is 33.9. The van der Waals surface area contributed by atoms with Gasteiger partial charge >= 0.3 is 0 Å². The van der Waals surface area contributed by atoms with E-state index in [4.69, 9.17) is 29.2 Å². The lowest BCUT2D eigenvalue weighted by Gasteiger charge is -2.27. The van der Waals surface area contributed by atoms with Crippen LogP contribution in [-0.2, 0) is 20.7 Å². The SMILES string of the molecule is CCCCC(CC)COCCC(C)(O)c1ccccc1-c1nc(-c2ccc(OC)cc2)nc(-c2ccccc2C(C)(O)CCOCC(CC)CCCC)n1. The van der Waals surface area contributed by atoms with Crippen molar-refractivity contribution in [3.63, 3.8) is 0 Å². The summed E-state index contributed by atoms with van der Waals surface area (Å²) in [6.45, 7) is 14.8. The maximum Gasteiger partial charge on any atom is 0.164 e. The molecule has 0 saturated heterocycles. The highest BCUT2D eigenvalue weighted by Gasteiger charge is 2.30. The van der Waals surface area contributed by atoms with Crippen LogP contribution in [0.25, 0.3) is 34.2 Å². The third-order valence-electron chi connectivity index (χ3n) is 10.7. The number of ether oxygens (including phenoxy) is 3. The van der Waals surface area contributed by atoms with Crippen molar-refractivity contribution in [2.24, 2.45) is 11.8 Å². The first-order valence-corrected chi connectivity index (χ1v) is 20.3. The smallest absolute Gasteiger partial charge is 0.164 e. The van der Waals surface area contributed by atoms with E-state index in [1.165, 1.54) is 25.7 Å². The summed E-state index contributed by atoms with van der Waals surface area (Å²) in [4.78, 5) is 15.1. The molecule has 4 rings (SSSR count). The molecule has 8 nitrogen and oxygen atoms in total. The summed E-state index contributed by atoms with van der Waals surface area (Å²) in [6.07, 6.45) is 10.1. The van der Waals surface area contributed by atoms with Gasteiger partial charge in [0.05, 0.1) is 18.3 Å². The van der Waals surface area contributed by atoms with Crippen LogP contribution in [0.1, 0.15) is 117 Å². The Kier molecular flexibility index (Phi) is 17.1. The molecule has 294 valence electrons. The molecule has 1 aromatic heterocycles. The molecule has 1 heterocycles. The van der Waals surface area contributed by atoms with Gasteiger partial charge in [0.15, 0.2) is 17.5 Å². The van der Waals surface area contributed by atoms with Crippen LogP contribution >= 0.6 is 0 Å². The summed E-state index contributed by atoms with van der Waals surface area (Å²) in [5.41, 5.74) is 1.23. The van der Waals surface area contributed by atoms with Crippen LogP contribution in [0.15, 0.2) is 72.8 Å². The second-order valence-electron chi connectivity index (χ2n) is 15.2. The molecular weight excluding hydrogens is 675 g/mol. The third-order valence-corrected chi connectivity index (χ3v) is 10.7. The molecule has 4 aromatic rings. The second kappa shape index (κ2) is 21.4. The molecule has 3 aromatic carbocycles. The van der Waals surface area contributed by atoms with Crippen LogP contribution in [0.5, 0.6) is 5.75 Å². The number of nitrogens with zero attached hydrogens (tertiary/aromatic N) is 3. The maximum atomic E-state index is 12.0. The van der Waals surface area contributed by atoms with Crippen molar-refractivity contribution in [2.45, 2.75) is 117 Å². The normalized spacial score (nSPS) is 15.0. The topological polar surface area (TPSA) is 107 Å². The standard InChI is InChI=1S/C46H65N3O5/c1-8-12-18-34(10-3)32-53-30-28-45(5,50)40-22-16-14-20-38(40)43-47-42(36-24-26-37(52-7)27-25-36)48-44(49-43)39-21-15-17-23-41(39)46(6,51)29-31-54-33-35(11-4)19-13-9-2/h14-17,20-27,34-35,50-51H,8-13,18-19,28-33H2,1-7H3. The average molecular weight is 740 g/mol. The molecule has 0 amide bonds. The van der Waals surface area contributed by atoms with E-state index in [0.29, 0.717) is 90.8 Å². The Morgan fingerprint density at radius 2 is 1.02 bits per heavy atom. The van der Waals surface area contributed by atoms with Gasteiger partial charge in [0.25, 0.3) is 0 Å². The van der Waals surface area contributed by atoms with Crippen molar-refractivity contribution < 1.29 is 24.4 Å². The van der Waals surface area contributed by atoms with Crippen LogP contribution in [0.3, 0.4) is 0 Å². The summed E-state index contributed by atoms with van der Waals surface area (Å²) in [5.74, 6) is 3.13. The van der Waals surface area contributed by atoms with Crippen LogP contribution < -0.4 is 4.74 Å². The van der Waals surface area contributed by atoms with Crippen molar-refractivity contribution >= 4 is 0 Å². The zero-order valence-electron chi connectivity index (χ0n) is 33.9. The lowest BCUT2D eigenvalue weighted by atomic mass is 9.88. The van der Waals surface area contributed by atoms with Gasteiger partial charge in [0, 0.05) is 56.0 Å². The predicted molar refractivity (Wildman–Crippen MR) is 219 cm³/mol. The molecule has 0 radical (unpaired) electrons. The molecule has 0 bridgehead atoms. The number of hydrogen-bond acceptors (Lipinski definition) is 8.